The van der Waals surface area contributed by atoms with Crippen LogP contribution in [0.1, 0.15) is 33.8 Å². The van der Waals surface area contributed by atoms with E-state index < -0.39 is 5.82 Å². The van der Waals surface area contributed by atoms with E-state index in [1.54, 1.807) is 31.6 Å². The van der Waals surface area contributed by atoms with Crippen LogP contribution in [-0.2, 0) is 11.3 Å². The number of hydrogen-bond donors (Lipinski definition) is 2. The number of aromatic nitrogens is 1. The number of hydrogen-bond acceptors (Lipinski definition) is 4. The average molecular weight is 470 g/mol. The molecular weight excluding hydrogens is 445 g/mol. The van der Waals surface area contributed by atoms with Gasteiger partial charge in [0.1, 0.15) is 11.6 Å². The summed E-state index contributed by atoms with van der Waals surface area (Å²) in [7, 11) is 1.59. The molecule has 0 aliphatic heterocycles. The minimum atomic E-state index is -0.472. The van der Waals surface area contributed by atoms with Crippen LogP contribution >= 0.6 is 0 Å². The number of halogens is 1. The highest BCUT2D eigenvalue weighted by Crippen LogP contribution is 2.49. The van der Waals surface area contributed by atoms with E-state index in [1.165, 1.54) is 6.07 Å². The number of benzene rings is 3. The summed E-state index contributed by atoms with van der Waals surface area (Å²) < 4.78 is 20.0. The highest BCUT2D eigenvalue weighted by Gasteiger charge is 2.45. The Morgan fingerprint density at radius 3 is 2.63 bits per heavy atom. The molecular formula is C28H24FN3O3. The minimum absolute atomic E-state index is 0.135. The van der Waals surface area contributed by atoms with Crippen molar-refractivity contribution in [1.29, 1.82) is 0 Å². The summed E-state index contributed by atoms with van der Waals surface area (Å²) in [5.74, 6) is -0.726. The van der Waals surface area contributed by atoms with Gasteiger partial charge in [-0.05, 0) is 71.3 Å². The third-order valence-electron chi connectivity index (χ3n) is 6.31. The lowest BCUT2D eigenvalue weighted by molar-refractivity contribution is -0.117. The van der Waals surface area contributed by atoms with Gasteiger partial charge in [-0.15, -0.1) is 0 Å². The number of pyridine rings is 1. The first-order valence-corrected chi connectivity index (χ1v) is 11.4. The van der Waals surface area contributed by atoms with Crippen molar-refractivity contribution in [1.82, 2.24) is 10.3 Å². The van der Waals surface area contributed by atoms with Crippen LogP contribution in [0.4, 0.5) is 10.1 Å². The molecule has 1 aliphatic rings. The van der Waals surface area contributed by atoms with E-state index >= 15 is 0 Å². The monoisotopic (exact) mass is 469 g/mol. The normalized spacial score (nSPS) is 16.5. The number of nitrogens with zero attached hydrogens (tertiary/aromatic N) is 1. The first kappa shape index (κ1) is 22.5. The molecule has 1 saturated carbocycles. The molecule has 2 unspecified atom stereocenters. The summed E-state index contributed by atoms with van der Waals surface area (Å²) >= 11 is 0. The van der Waals surface area contributed by atoms with Gasteiger partial charge in [0.2, 0.25) is 5.91 Å². The molecule has 1 aliphatic carbocycles. The molecule has 35 heavy (non-hydrogen) atoms. The fourth-order valence-electron chi connectivity index (χ4n) is 4.22. The lowest BCUT2D eigenvalue weighted by atomic mass is 10.0. The van der Waals surface area contributed by atoms with Crippen LogP contribution < -0.4 is 15.4 Å². The molecule has 1 fully saturated rings. The number of rotatable bonds is 7. The molecule has 2 N–H and O–H groups in total. The Morgan fingerprint density at radius 2 is 1.86 bits per heavy atom. The van der Waals surface area contributed by atoms with Gasteiger partial charge in [-0.2, -0.15) is 0 Å². The van der Waals surface area contributed by atoms with Gasteiger partial charge in [-0.1, -0.05) is 24.3 Å². The largest absolute Gasteiger partial charge is 0.497 e. The zero-order valence-electron chi connectivity index (χ0n) is 19.1. The van der Waals surface area contributed by atoms with Crippen molar-refractivity contribution in [3.8, 4) is 5.75 Å². The number of carbonyl (C=O) groups is 2. The number of carbonyl (C=O) groups excluding carboxylic acids is 2. The van der Waals surface area contributed by atoms with E-state index in [-0.39, 0.29) is 29.2 Å². The van der Waals surface area contributed by atoms with Crippen molar-refractivity contribution in [3.05, 3.63) is 102 Å². The van der Waals surface area contributed by atoms with E-state index in [2.05, 4.69) is 15.6 Å². The van der Waals surface area contributed by atoms with Crippen molar-refractivity contribution in [3.63, 3.8) is 0 Å². The SMILES string of the molecule is COc1ccc(CNC(=O)c2ccc(C3CC3C(=O)Nc3ccc4cnccc4c3)c(F)c2)cc1. The van der Waals surface area contributed by atoms with Crippen LogP contribution in [0.25, 0.3) is 10.8 Å². The van der Waals surface area contributed by atoms with Crippen molar-refractivity contribution >= 4 is 28.3 Å². The lowest BCUT2D eigenvalue weighted by Gasteiger charge is -2.09. The van der Waals surface area contributed by atoms with Gasteiger partial charge in [0.15, 0.2) is 0 Å². The summed E-state index contributed by atoms with van der Waals surface area (Å²) in [5, 5.41) is 7.70. The smallest absolute Gasteiger partial charge is 0.251 e. The third kappa shape index (κ3) is 4.99. The fourth-order valence-corrected chi connectivity index (χ4v) is 4.22. The quantitative estimate of drug-likeness (QED) is 0.397. The highest BCUT2D eigenvalue weighted by atomic mass is 19.1. The van der Waals surface area contributed by atoms with Crippen molar-refractivity contribution in [2.75, 3.05) is 12.4 Å². The van der Waals surface area contributed by atoms with Gasteiger partial charge in [0.05, 0.1) is 7.11 Å². The maximum Gasteiger partial charge on any atom is 0.251 e. The van der Waals surface area contributed by atoms with Gasteiger partial charge in [-0.3, -0.25) is 14.6 Å². The molecule has 3 aromatic carbocycles. The molecule has 7 heteroatoms. The Morgan fingerprint density at radius 1 is 1.03 bits per heavy atom. The minimum Gasteiger partial charge on any atom is -0.497 e. The second-order valence-corrected chi connectivity index (χ2v) is 8.64. The molecule has 5 rings (SSSR count). The average Bonchev–Trinajstić information content (AvgIpc) is 3.68. The summed E-state index contributed by atoms with van der Waals surface area (Å²) in [6, 6.07) is 19.3. The number of fused-ring (bicyclic) bond motifs is 1. The van der Waals surface area contributed by atoms with Crippen LogP contribution in [-0.4, -0.2) is 23.9 Å². The number of anilines is 1. The first-order valence-electron chi connectivity index (χ1n) is 11.4. The molecule has 0 saturated heterocycles. The number of methoxy groups -OCH3 is 1. The molecule has 0 bridgehead atoms. The molecule has 176 valence electrons. The zero-order valence-corrected chi connectivity index (χ0v) is 19.1. The number of nitrogens with one attached hydrogen (secondary N) is 2. The van der Waals surface area contributed by atoms with E-state index in [4.69, 9.17) is 4.74 Å². The Labute approximate surface area is 202 Å². The van der Waals surface area contributed by atoms with Gasteiger partial charge in [-0.25, -0.2) is 4.39 Å². The molecule has 0 spiro atoms. The van der Waals surface area contributed by atoms with E-state index in [1.807, 2.05) is 48.5 Å². The van der Waals surface area contributed by atoms with Crippen LogP contribution in [0, 0.1) is 11.7 Å². The first-order chi connectivity index (χ1) is 17.0. The standard InChI is InChI=1S/C28H24FN3O3/c1-35-22-7-2-17(3-8-22)15-31-27(33)19-5-9-23(26(29)13-19)24-14-25(24)28(34)32-21-6-4-20-16-30-11-10-18(20)12-21/h2-13,16,24-25H,14-15H2,1H3,(H,31,33)(H,32,34). The third-order valence-corrected chi connectivity index (χ3v) is 6.31. The second-order valence-electron chi connectivity index (χ2n) is 8.64. The summed E-state index contributed by atoms with van der Waals surface area (Å²) in [5.41, 5.74) is 2.31. The maximum absolute atomic E-state index is 14.9. The molecule has 4 aromatic rings. The van der Waals surface area contributed by atoms with Crippen molar-refractivity contribution < 1.29 is 18.7 Å². The highest BCUT2D eigenvalue weighted by molar-refractivity contribution is 5.97. The van der Waals surface area contributed by atoms with Crippen LogP contribution in [0.5, 0.6) is 5.75 Å². The van der Waals surface area contributed by atoms with Gasteiger partial charge >= 0.3 is 0 Å². The predicted molar refractivity (Wildman–Crippen MR) is 132 cm³/mol. The zero-order chi connectivity index (χ0) is 24.4. The molecule has 0 radical (unpaired) electrons. The Bertz CT molecular complexity index is 1400. The topological polar surface area (TPSA) is 80.3 Å². The molecule has 2 atom stereocenters. The predicted octanol–water partition coefficient (Wildman–Crippen LogP) is 5.05. The number of amides is 2. The van der Waals surface area contributed by atoms with Crippen molar-refractivity contribution in [2.45, 2.75) is 18.9 Å². The molecule has 1 heterocycles. The van der Waals surface area contributed by atoms with Gasteiger partial charge in [0.25, 0.3) is 5.91 Å². The van der Waals surface area contributed by atoms with E-state index in [0.29, 0.717) is 24.2 Å². The summed E-state index contributed by atoms with van der Waals surface area (Å²) in [6.45, 7) is 0.322. The number of ether oxygens (including phenoxy) is 1. The van der Waals surface area contributed by atoms with Gasteiger partial charge in [0, 0.05) is 41.5 Å². The van der Waals surface area contributed by atoms with Crippen LogP contribution in [0.3, 0.4) is 0 Å². The molecule has 2 amide bonds. The molecule has 6 nitrogen and oxygen atoms in total. The second kappa shape index (κ2) is 9.54. The Hall–Kier alpha value is -4.26. The summed E-state index contributed by atoms with van der Waals surface area (Å²) in [6.07, 6.45) is 4.05. The van der Waals surface area contributed by atoms with Crippen LogP contribution in [0.15, 0.2) is 79.1 Å². The van der Waals surface area contributed by atoms with E-state index in [9.17, 15) is 14.0 Å². The van der Waals surface area contributed by atoms with E-state index in [0.717, 1.165) is 22.1 Å². The Kier molecular flexibility index (Phi) is 6.14. The molecule has 1 aromatic heterocycles. The van der Waals surface area contributed by atoms with Gasteiger partial charge < -0.3 is 15.4 Å². The lowest BCUT2D eigenvalue weighted by Crippen LogP contribution is -2.23. The summed E-state index contributed by atoms with van der Waals surface area (Å²) in [4.78, 5) is 29.3. The van der Waals surface area contributed by atoms with Crippen molar-refractivity contribution in [2.24, 2.45) is 5.92 Å². The fraction of sp³-hybridized carbons (Fsp3) is 0.179. The Balaban J connectivity index is 1.19. The maximum atomic E-state index is 14.9. The van der Waals surface area contributed by atoms with Crippen LogP contribution in [0.2, 0.25) is 0 Å².